The second kappa shape index (κ2) is 10.2. The van der Waals surface area contributed by atoms with Crippen molar-refractivity contribution in [2.45, 2.75) is 25.8 Å². The van der Waals surface area contributed by atoms with Gasteiger partial charge in [-0.3, -0.25) is 9.69 Å². The van der Waals surface area contributed by atoms with Gasteiger partial charge in [0.25, 0.3) is 0 Å². The molecule has 0 aliphatic carbocycles. The van der Waals surface area contributed by atoms with E-state index in [0.29, 0.717) is 19.1 Å². The Morgan fingerprint density at radius 3 is 2.73 bits per heavy atom. The van der Waals surface area contributed by atoms with E-state index < -0.39 is 0 Å². The molecule has 0 radical (unpaired) electrons. The van der Waals surface area contributed by atoms with E-state index in [9.17, 15) is 4.79 Å². The first-order chi connectivity index (χ1) is 12.8. The van der Waals surface area contributed by atoms with Gasteiger partial charge in [-0.05, 0) is 36.8 Å². The summed E-state index contributed by atoms with van der Waals surface area (Å²) in [6.45, 7) is 8.03. The molecule has 0 spiro atoms. The summed E-state index contributed by atoms with van der Waals surface area (Å²) in [6, 6.07) is 8.22. The lowest BCUT2D eigenvalue weighted by atomic mass is 10.1. The van der Waals surface area contributed by atoms with Crippen molar-refractivity contribution in [1.82, 2.24) is 9.80 Å². The molecule has 1 amide bonds. The first-order valence-corrected chi connectivity index (χ1v) is 10.8. The lowest BCUT2D eigenvalue weighted by Crippen LogP contribution is -2.50. The van der Waals surface area contributed by atoms with Crippen molar-refractivity contribution in [3.8, 4) is 5.75 Å². The Labute approximate surface area is 161 Å². The van der Waals surface area contributed by atoms with E-state index in [1.807, 2.05) is 43.0 Å². The normalized spacial score (nSPS) is 22.0. The molecule has 0 bridgehead atoms. The fourth-order valence-electron chi connectivity index (χ4n) is 3.54. The number of benzene rings is 1. The van der Waals surface area contributed by atoms with E-state index in [1.54, 1.807) is 0 Å². The number of morpholine rings is 1. The largest absolute Gasteiger partial charge is 0.494 e. The smallest absolute Gasteiger partial charge is 0.227 e. The topological polar surface area (TPSA) is 42.0 Å². The van der Waals surface area contributed by atoms with Crippen LogP contribution in [-0.4, -0.2) is 79.3 Å². The molecular formula is C20H30N2O3S. The van der Waals surface area contributed by atoms with Gasteiger partial charge in [-0.25, -0.2) is 0 Å². The average molecular weight is 379 g/mol. The van der Waals surface area contributed by atoms with Crippen LogP contribution in [0.5, 0.6) is 5.75 Å². The predicted octanol–water partition coefficient (Wildman–Crippen LogP) is 2.29. The SMILES string of the molecule is CCOc1ccc(CC(=O)N2CCCSCC2CN2CCOCC2)cc1. The average Bonchev–Trinajstić information content (AvgIpc) is 2.90. The Morgan fingerprint density at radius 1 is 1.23 bits per heavy atom. The van der Waals surface area contributed by atoms with Crippen LogP contribution in [0.2, 0.25) is 0 Å². The highest BCUT2D eigenvalue weighted by molar-refractivity contribution is 7.99. The van der Waals surface area contributed by atoms with Crippen molar-refractivity contribution >= 4 is 17.7 Å². The lowest BCUT2D eigenvalue weighted by Gasteiger charge is -2.35. The van der Waals surface area contributed by atoms with Gasteiger partial charge in [0.1, 0.15) is 5.75 Å². The van der Waals surface area contributed by atoms with Crippen LogP contribution in [0, 0.1) is 0 Å². The number of hydrogen-bond acceptors (Lipinski definition) is 5. The third-order valence-corrected chi connectivity index (χ3v) is 6.12. The number of thioether (sulfide) groups is 1. The van der Waals surface area contributed by atoms with Gasteiger partial charge in [0.15, 0.2) is 0 Å². The van der Waals surface area contributed by atoms with Crippen LogP contribution in [0.3, 0.4) is 0 Å². The number of rotatable bonds is 6. The molecule has 2 heterocycles. The minimum Gasteiger partial charge on any atom is -0.494 e. The van der Waals surface area contributed by atoms with Gasteiger partial charge in [-0.1, -0.05) is 12.1 Å². The molecule has 5 nitrogen and oxygen atoms in total. The van der Waals surface area contributed by atoms with Gasteiger partial charge in [-0.2, -0.15) is 11.8 Å². The molecule has 2 fully saturated rings. The van der Waals surface area contributed by atoms with Crippen molar-refractivity contribution in [2.24, 2.45) is 0 Å². The predicted molar refractivity (Wildman–Crippen MR) is 106 cm³/mol. The maximum absolute atomic E-state index is 13.0. The van der Waals surface area contributed by atoms with E-state index >= 15 is 0 Å². The molecule has 2 aliphatic rings. The molecule has 1 aromatic rings. The summed E-state index contributed by atoms with van der Waals surface area (Å²) in [6.07, 6.45) is 1.55. The highest BCUT2D eigenvalue weighted by Gasteiger charge is 2.28. The Balaban J connectivity index is 1.61. The van der Waals surface area contributed by atoms with E-state index in [0.717, 1.165) is 68.6 Å². The molecule has 0 aromatic heterocycles. The second-order valence-electron chi connectivity index (χ2n) is 6.84. The Bertz CT molecular complexity index is 561. The summed E-state index contributed by atoms with van der Waals surface area (Å²) in [5, 5.41) is 0. The number of ether oxygens (including phenoxy) is 2. The molecular weight excluding hydrogens is 348 g/mol. The fourth-order valence-corrected chi connectivity index (χ4v) is 4.59. The van der Waals surface area contributed by atoms with Crippen LogP contribution in [0.1, 0.15) is 18.9 Å². The van der Waals surface area contributed by atoms with Crippen molar-refractivity contribution in [1.29, 1.82) is 0 Å². The Morgan fingerprint density at radius 2 is 2.00 bits per heavy atom. The zero-order chi connectivity index (χ0) is 18.2. The first kappa shape index (κ1) is 19.5. The highest BCUT2D eigenvalue weighted by atomic mass is 32.2. The van der Waals surface area contributed by atoms with Crippen LogP contribution in [0.15, 0.2) is 24.3 Å². The zero-order valence-corrected chi connectivity index (χ0v) is 16.5. The van der Waals surface area contributed by atoms with Crippen LogP contribution in [0.4, 0.5) is 0 Å². The second-order valence-corrected chi connectivity index (χ2v) is 7.99. The molecule has 6 heteroatoms. The van der Waals surface area contributed by atoms with Crippen LogP contribution in [0.25, 0.3) is 0 Å². The van der Waals surface area contributed by atoms with Gasteiger partial charge >= 0.3 is 0 Å². The molecule has 0 saturated carbocycles. The van der Waals surface area contributed by atoms with Gasteiger partial charge in [-0.15, -0.1) is 0 Å². The van der Waals surface area contributed by atoms with Crippen LogP contribution in [-0.2, 0) is 16.0 Å². The third-order valence-electron chi connectivity index (χ3n) is 4.92. The molecule has 144 valence electrons. The molecule has 0 N–H and O–H groups in total. The highest BCUT2D eigenvalue weighted by Crippen LogP contribution is 2.20. The molecule has 26 heavy (non-hydrogen) atoms. The number of carbonyl (C=O) groups is 1. The number of nitrogens with zero attached hydrogens (tertiary/aromatic N) is 2. The summed E-state index contributed by atoms with van der Waals surface area (Å²) < 4.78 is 10.9. The van der Waals surface area contributed by atoms with E-state index in [1.165, 1.54) is 0 Å². The molecule has 2 aliphatic heterocycles. The van der Waals surface area contributed by atoms with Crippen molar-refractivity contribution in [3.05, 3.63) is 29.8 Å². The maximum atomic E-state index is 13.0. The number of carbonyl (C=O) groups excluding carboxylic acids is 1. The maximum Gasteiger partial charge on any atom is 0.227 e. The lowest BCUT2D eigenvalue weighted by molar-refractivity contribution is -0.132. The van der Waals surface area contributed by atoms with E-state index in [4.69, 9.17) is 9.47 Å². The molecule has 1 aromatic carbocycles. The summed E-state index contributed by atoms with van der Waals surface area (Å²) in [4.78, 5) is 17.6. The van der Waals surface area contributed by atoms with E-state index in [2.05, 4.69) is 9.80 Å². The van der Waals surface area contributed by atoms with Gasteiger partial charge in [0, 0.05) is 31.9 Å². The van der Waals surface area contributed by atoms with Crippen LogP contribution < -0.4 is 4.74 Å². The zero-order valence-electron chi connectivity index (χ0n) is 15.7. The standard InChI is InChI=1S/C20H30N2O3S/c1-2-25-19-6-4-17(5-7-19)14-20(23)22-8-3-13-26-16-18(22)15-21-9-11-24-12-10-21/h4-7,18H,2-3,8-16H2,1H3. The van der Waals surface area contributed by atoms with Gasteiger partial charge < -0.3 is 14.4 Å². The molecule has 1 atom stereocenters. The van der Waals surface area contributed by atoms with Gasteiger partial charge in [0.2, 0.25) is 5.91 Å². The van der Waals surface area contributed by atoms with Gasteiger partial charge in [0.05, 0.1) is 32.3 Å². The summed E-state index contributed by atoms with van der Waals surface area (Å²) in [5.74, 6) is 3.29. The minimum absolute atomic E-state index is 0.245. The number of amides is 1. The first-order valence-electron chi connectivity index (χ1n) is 9.65. The quantitative estimate of drug-likeness (QED) is 0.760. The summed E-state index contributed by atoms with van der Waals surface area (Å²) in [7, 11) is 0. The van der Waals surface area contributed by atoms with E-state index in [-0.39, 0.29) is 5.91 Å². The fraction of sp³-hybridized carbons (Fsp3) is 0.650. The van der Waals surface area contributed by atoms with Crippen LogP contribution >= 0.6 is 11.8 Å². The monoisotopic (exact) mass is 378 g/mol. The molecule has 3 rings (SSSR count). The van der Waals surface area contributed by atoms with Crippen molar-refractivity contribution in [2.75, 3.05) is 57.5 Å². The number of hydrogen-bond donors (Lipinski definition) is 0. The Kier molecular flexibility index (Phi) is 7.65. The third kappa shape index (κ3) is 5.63. The molecule has 2 saturated heterocycles. The van der Waals surface area contributed by atoms with Crippen molar-refractivity contribution < 1.29 is 14.3 Å². The Hall–Kier alpha value is -1.24. The minimum atomic E-state index is 0.245. The molecule has 1 unspecified atom stereocenters. The summed E-state index contributed by atoms with van der Waals surface area (Å²) >= 11 is 1.98. The summed E-state index contributed by atoms with van der Waals surface area (Å²) in [5.41, 5.74) is 1.06. The van der Waals surface area contributed by atoms with Crippen molar-refractivity contribution in [3.63, 3.8) is 0 Å².